The number of nitrogens with zero attached hydrogens (tertiary/aromatic N) is 1. The quantitative estimate of drug-likeness (QED) is 0.841. The number of aliphatic hydroxyl groups excluding tert-OH is 1. The fraction of sp³-hybridized carbons (Fsp3) is 0.769. The van der Waals surface area contributed by atoms with E-state index < -0.39 is 25.1 Å². The van der Waals surface area contributed by atoms with Crippen LogP contribution >= 0.6 is 11.3 Å². The second-order valence-corrected chi connectivity index (χ2v) is 7.15. The molecule has 1 N–H and O–H groups in total. The number of fused-ring (bicyclic) bond motifs is 1. The Morgan fingerprint density at radius 1 is 1.48 bits per heavy atom. The lowest BCUT2D eigenvalue weighted by atomic mass is 9.77. The van der Waals surface area contributed by atoms with Gasteiger partial charge in [0.25, 0.3) is 0 Å². The third-order valence-electron chi connectivity index (χ3n) is 3.31. The van der Waals surface area contributed by atoms with Crippen molar-refractivity contribution in [3.63, 3.8) is 0 Å². The molecular formula is C13H17F4NO2S. The van der Waals surface area contributed by atoms with Crippen molar-refractivity contribution in [2.45, 2.75) is 51.7 Å². The summed E-state index contributed by atoms with van der Waals surface area (Å²) in [4.78, 5) is 4.98. The van der Waals surface area contributed by atoms with Crippen LogP contribution in [0.3, 0.4) is 0 Å². The molecule has 21 heavy (non-hydrogen) atoms. The zero-order chi connectivity index (χ0) is 15.8. The SMILES string of the molecule is CC1(C)Cc2nc(COCC(F)(F)C(F)F)sc2C(O)C1. The van der Waals surface area contributed by atoms with Crippen LogP contribution in [0.15, 0.2) is 0 Å². The van der Waals surface area contributed by atoms with E-state index in [1.54, 1.807) is 0 Å². The molecule has 120 valence electrons. The van der Waals surface area contributed by atoms with Crippen molar-refractivity contribution >= 4 is 11.3 Å². The van der Waals surface area contributed by atoms with E-state index in [1.165, 1.54) is 11.3 Å². The average Bonchev–Trinajstić information content (AvgIpc) is 2.69. The number of hydrogen-bond donors (Lipinski definition) is 1. The minimum Gasteiger partial charge on any atom is -0.387 e. The van der Waals surface area contributed by atoms with Crippen molar-refractivity contribution < 1.29 is 27.4 Å². The highest BCUT2D eigenvalue weighted by Gasteiger charge is 2.41. The Hall–Kier alpha value is -0.730. The first-order valence-corrected chi connectivity index (χ1v) is 7.33. The molecule has 1 aromatic heterocycles. The number of alkyl halides is 4. The van der Waals surface area contributed by atoms with E-state index in [2.05, 4.69) is 9.72 Å². The van der Waals surface area contributed by atoms with Gasteiger partial charge in [-0.3, -0.25) is 0 Å². The van der Waals surface area contributed by atoms with Crippen molar-refractivity contribution in [3.05, 3.63) is 15.6 Å². The number of hydrogen-bond acceptors (Lipinski definition) is 4. The highest BCUT2D eigenvalue weighted by Crippen LogP contribution is 2.43. The Kier molecular flexibility index (Phi) is 4.60. The predicted octanol–water partition coefficient (Wildman–Crippen LogP) is 3.57. The number of rotatable bonds is 5. The van der Waals surface area contributed by atoms with Crippen molar-refractivity contribution in [1.29, 1.82) is 0 Å². The van der Waals surface area contributed by atoms with Gasteiger partial charge in [0.05, 0.1) is 23.3 Å². The third kappa shape index (κ3) is 3.92. The van der Waals surface area contributed by atoms with Crippen LogP contribution < -0.4 is 0 Å². The van der Waals surface area contributed by atoms with E-state index in [9.17, 15) is 22.7 Å². The monoisotopic (exact) mass is 327 g/mol. The molecule has 2 rings (SSSR count). The van der Waals surface area contributed by atoms with Crippen molar-refractivity contribution in [2.24, 2.45) is 5.41 Å². The molecule has 0 fully saturated rings. The molecule has 1 unspecified atom stereocenters. The van der Waals surface area contributed by atoms with Gasteiger partial charge in [0.15, 0.2) is 0 Å². The number of halogens is 4. The first kappa shape index (κ1) is 16.6. The molecule has 8 heteroatoms. The molecule has 0 saturated carbocycles. The van der Waals surface area contributed by atoms with Gasteiger partial charge in [-0.2, -0.15) is 8.78 Å². The zero-order valence-corrected chi connectivity index (χ0v) is 12.5. The van der Waals surface area contributed by atoms with Gasteiger partial charge in [-0.05, 0) is 18.3 Å². The maximum absolute atomic E-state index is 12.7. The van der Waals surface area contributed by atoms with Gasteiger partial charge in [0, 0.05) is 0 Å². The molecule has 1 aliphatic rings. The van der Waals surface area contributed by atoms with Crippen LogP contribution in [-0.4, -0.2) is 29.0 Å². The number of aliphatic hydroxyl groups is 1. The molecule has 0 amide bonds. The van der Waals surface area contributed by atoms with E-state index in [0.717, 1.165) is 5.69 Å². The molecule has 3 nitrogen and oxygen atoms in total. The molecule has 0 spiro atoms. The summed E-state index contributed by atoms with van der Waals surface area (Å²) in [6, 6.07) is 0. The lowest BCUT2D eigenvalue weighted by Gasteiger charge is -2.31. The van der Waals surface area contributed by atoms with Crippen LogP contribution in [0.25, 0.3) is 0 Å². The Balaban J connectivity index is 1.98. The van der Waals surface area contributed by atoms with Gasteiger partial charge in [-0.15, -0.1) is 11.3 Å². The molecule has 0 saturated heterocycles. The van der Waals surface area contributed by atoms with Crippen molar-refractivity contribution in [2.75, 3.05) is 6.61 Å². The summed E-state index contributed by atoms with van der Waals surface area (Å²) >= 11 is 1.18. The third-order valence-corrected chi connectivity index (χ3v) is 4.48. The fourth-order valence-electron chi connectivity index (χ4n) is 2.34. The van der Waals surface area contributed by atoms with E-state index >= 15 is 0 Å². The summed E-state index contributed by atoms with van der Waals surface area (Å²) in [5.74, 6) is -4.15. The molecule has 0 radical (unpaired) electrons. The van der Waals surface area contributed by atoms with Crippen molar-refractivity contribution in [1.82, 2.24) is 4.98 Å². The second kappa shape index (κ2) is 5.81. The highest BCUT2D eigenvalue weighted by molar-refractivity contribution is 7.11. The molecule has 1 aliphatic carbocycles. The minimum absolute atomic E-state index is 0.0820. The highest BCUT2D eigenvalue weighted by atomic mass is 32.1. The molecule has 0 aromatic carbocycles. The Bertz CT molecular complexity index is 504. The first-order valence-electron chi connectivity index (χ1n) is 6.51. The normalized spacial score (nSPS) is 21.6. The maximum Gasteiger partial charge on any atom is 0.330 e. The van der Waals surface area contributed by atoms with Crippen molar-refractivity contribution in [3.8, 4) is 0 Å². The minimum atomic E-state index is -4.15. The zero-order valence-electron chi connectivity index (χ0n) is 11.7. The van der Waals surface area contributed by atoms with E-state index in [1.807, 2.05) is 13.8 Å². The number of ether oxygens (including phenoxy) is 1. The summed E-state index contributed by atoms with van der Waals surface area (Å²) in [6.07, 6.45) is -3.09. The van der Waals surface area contributed by atoms with Crippen LogP contribution in [-0.2, 0) is 17.8 Å². The van der Waals surface area contributed by atoms with Gasteiger partial charge in [0.1, 0.15) is 11.6 Å². The van der Waals surface area contributed by atoms with Crippen LogP contribution in [0.5, 0.6) is 0 Å². The topological polar surface area (TPSA) is 42.4 Å². The van der Waals surface area contributed by atoms with E-state index in [4.69, 9.17) is 0 Å². The van der Waals surface area contributed by atoms with Crippen LogP contribution in [0.1, 0.15) is 42.0 Å². The summed E-state index contributed by atoms with van der Waals surface area (Å²) in [7, 11) is 0. The standard InChI is InChI=1S/C13H17F4NO2S/c1-12(2)3-7-10(8(19)4-12)21-9(18-7)5-20-6-13(16,17)11(14)15/h8,11,19H,3-6H2,1-2H3. The average molecular weight is 327 g/mol. The summed E-state index contributed by atoms with van der Waals surface area (Å²) < 4.78 is 54.0. The van der Waals surface area contributed by atoms with Gasteiger partial charge in [-0.1, -0.05) is 13.8 Å². The predicted molar refractivity (Wildman–Crippen MR) is 69.8 cm³/mol. The molecule has 1 heterocycles. The first-order chi connectivity index (χ1) is 9.61. The molecule has 0 aliphatic heterocycles. The Morgan fingerprint density at radius 2 is 2.14 bits per heavy atom. The van der Waals surface area contributed by atoms with Crippen LogP contribution in [0.2, 0.25) is 0 Å². The summed E-state index contributed by atoms with van der Waals surface area (Å²) in [5.41, 5.74) is 0.657. The van der Waals surface area contributed by atoms with Gasteiger partial charge in [0.2, 0.25) is 0 Å². The fourth-order valence-corrected chi connectivity index (χ4v) is 3.35. The lowest BCUT2D eigenvalue weighted by Crippen LogP contribution is -2.32. The Morgan fingerprint density at radius 3 is 2.76 bits per heavy atom. The largest absolute Gasteiger partial charge is 0.387 e. The smallest absolute Gasteiger partial charge is 0.330 e. The molecule has 0 bridgehead atoms. The van der Waals surface area contributed by atoms with Gasteiger partial charge >= 0.3 is 12.3 Å². The number of thiazole rings is 1. The Labute approximate surface area is 124 Å². The lowest BCUT2D eigenvalue weighted by molar-refractivity contribution is -0.168. The van der Waals surface area contributed by atoms with Gasteiger partial charge < -0.3 is 9.84 Å². The molecular weight excluding hydrogens is 310 g/mol. The number of aromatic nitrogens is 1. The van der Waals surface area contributed by atoms with Crippen LogP contribution in [0, 0.1) is 5.41 Å². The van der Waals surface area contributed by atoms with E-state index in [-0.39, 0.29) is 12.0 Å². The molecule has 1 aromatic rings. The van der Waals surface area contributed by atoms with Crippen LogP contribution in [0.4, 0.5) is 17.6 Å². The maximum atomic E-state index is 12.7. The summed E-state index contributed by atoms with van der Waals surface area (Å²) in [5, 5.41) is 10.5. The second-order valence-electron chi connectivity index (χ2n) is 6.03. The molecule has 1 atom stereocenters. The summed E-state index contributed by atoms with van der Waals surface area (Å²) in [6.45, 7) is 2.42. The van der Waals surface area contributed by atoms with Gasteiger partial charge in [-0.25, -0.2) is 13.8 Å². The van der Waals surface area contributed by atoms with E-state index in [0.29, 0.717) is 22.7 Å².